The van der Waals surface area contributed by atoms with E-state index in [0.717, 1.165) is 5.06 Å². The lowest BCUT2D eigenvalue weighted by Crippen LogP contribution is -2.39. The first kappa shape index (κ1) is 12.5. The number of nitrogens with zero attached hydrogens (tertiary/aromatic N) is 1. The molecule has 1 unspecified atom stereocenters. The van der Waals surface area contributed by atoms with Gasteiger partial charge in [-0.1, -0.05) is 0 Å². The van der Waals surface area contributed by atoms with Gasteiger partial charge in [-0.25, -0.2) is 5.06 Å². The van der Waals surface area contributed by atoms with E-state index in [1.165, 1.54) is 14.2 Å². The maximum Gasteiger partial charge on any atom is 0.249 e. The molecule has 0 bridgehead atoms. The summed E-state index contributed by atoms with van der Waals surface area (Å²) in [6.45, 7) is 0. The van der Waals surface area contributed by atoms with Crippen LogP contribution in [0.1, 0.15) is 12.8 Å². The average Bonchev–Trinajstić information content (AvgIpc) is 2.33. The quantitative estimate of drug-likeness (QED) is 0.331. The summed E-state index contributed by atoms with van der Waals surface area (Å²) in [5, 5.41) is 18.3. The van der Waals surface area contributed by atoms with E-state index in [2.05, 4.69) is 0 Å². The van der Waals surface area contributed by atoms with E-state index >= 15 is 0 Å². The zero-order chi connectivity index (χ0) is 11.9. The monoisotopic (exact) mass is 209 g/mol. The first-order valence-electron chi connectivity index (χ1n) is 4.55. The van der Waals surface area contributed by atoms with Crippen molar-refractivity contribution in [3.05, 3.63) is 0 Å². The van der Waals surface area contributed by atoms with Gasteiger partial charge < -0.3 is 10.2 Å². The summed E-state index contributed by atoms with van der Waals surface area (Å²) in [6, 6.07) is 0. The molecule has 2 N–H and O–H groups in total. The molecule has 7 heteroatoms. The van der Waals surface area contributed by atoms with E-state index in [9.17, 15) is 15.0 Å². The largest absolute Gasteiger partial charge is 0.366 e. The van der Waals surface area contributed by atoms with Crippen molar-refractivity contribution in [1.82, 2.24) is 5.06 Å². The highest BCUT2D eigenvalue weighted by Crippen LogP contribution is 2.49. The van der Waals surface area contributed by atoms with Crippen LogP contribution >= 0.6 is 0 Å². The molecule has 1 saturated carbocycles. The van der Waals surface area contributed by atoms with Gasteiger partial charge in [-0.2, -0.15) is 0 Å². The Morgan fingerprint density at radius 1 is 1.47 bits per heavy atom. The summed E-state index contributed by atoms with van der Waals surface area (Å²) in [5.41, 5.74) is 0. The maximum absolute atomic E-state index is 11.6. The topological polar surface area (TPSA) is 70.0 Å². The molecule has 1 amide bonds. The highest BCUT2D eigenvalue weighted by Gasteiger charge is 2.52. The van der Waals surface area contributed by atoms with Crippen LogP contribution in [0.3, 0.4) is 0 Å². The molecular weight excluding hydrogens is 196 g/mol. The van der Waals surface area contributed by atoms with Crippen molar-refractivity contribution in [2.45, 2.75) is 23.8 Å². The molecule has 0 aromatic heterocycles. The lowest BCUT2D eigenvalue weighted by Gasteiger charge is -2.31. The van der Waals surface area contributed by atoms with E-state index in [-0.39, 0.29) is 18.7 Å². The van der Waals surface area contributed by atoms with Gasteiger partial charge in [-0.15, -0.1) is 0 Å². The number of hydrogen-bond acceptors (Lipinski definition) is 4. The summed E-state index contributed by atoms with van der Waals surface area (Å²) in [6.07, 6.45) is -0.181. The van der Waals surface area contributed by atoms with Crippen LogP contribution in [0.15, 0.2) is 0 Å². The van der Waals surface area contributed by atoms with Crippen LogP contribution in [0.5, 0.6) is 0 Å². The number of carbonyl (C=O) groups excluding carboxylic acids is 1. The average molecular weight is 209 g/mol. The Morgan fingerprint density at radius 3 is 2.33 bits per heavy atom. The van der Waals surface area contributed by atoms with E-state index in [1.54, 1.807) is 0 Å². The fraction of sp³-hybridized carbons (Fsp3) is 0.875. The minimum absolute atomic E-state index is 0.00648. The molecular formula is C8H13B2NO4. The van der Waals surface area contributed by atoms with Crippen molar-refractivity contribution in [1.29, 1.82) is 0 Å². The third-order valence-electron chi connectivity index (χ3n) is 2.79. The van der Waals surface area contributed by atoms with Crippen molar-refractivity contribution >= 4 is 21.6 Å². The second-order valence-electron chi connectivity index (χ2n) is 3.98. The highest BCUT2D eigenvalue weighted by molar-refractivity contribution is 6.41. The number of aliphatic hydroxyl groups is 2. The maximum atomic E-state index is 11.6. The van der Waals surface area contributed by atoms with E-state index in [4.69, 9.17) is 20.5 Å². The van der Waals surface area contributed by atoms with E-state index < -0.39 is 16.9 Å². The van der Waals surface area contributed by atoms with Crippen LogP contribution in [0.4, 0.5) is 0 Å². The SMILES string of the molecule is [B]C1([B])CC(C(=O)N(C)OC)CC1(O)O. The van der Waals surface area contributed by atoms with Crippen molar-refractivity contribution < 1.29 is 19.8 Å². The number of hydroxylamine groups is 2. The molecule has 0 aromatic carbocycles. The molecule has 0 spiro atoms. The third kappa shape index (κ3) is 2.19. The van der Waals surface area contributed by atoms with E-state index in [0.29, 0.717) is 0 Å². The lowest BCUT2D eigenvalue weighted by atomic mass is 9.50. The number of hydrogen-bond donors (Lipinski definition) is 2. The molecule has 0 heterocycles. The molecule has 15 heavy (non-hydrogen) atoms. The highest BCUT2D eigenvalue weighted by atomic mass is 16.7. The molecule has 1 aliphatic carbocycles. The van der Waals surface area contributed by atoms with Crippen molar-refractivity contribution in [2.75, 3.05) is 14.2 Å². The van der Waals surface area contributed by atoms with Gasteiger partial charge in [0.1, 0.15) is 0 Å². The van der Waals surface area contributed by atoms with Gasteiger partial charge in [0.2, 0.25) is 5.91 Å². The number of carbonyl (C=O) groups is 1. The Kier molecular flexibility index (Phi) is 3.19. The predicted octanol–water partition coefficient (Wildman–Crippen LogP) is -1.45. The minimum atomic E-state index is -2.22. The van der Waals surface area contributed by atoms with Gasteiger partial charge in [-0.3, -0.25) is 9.63 Å². The van der Waals surface area contributed by atoms with Gasteiger partial charge in [0.05, 0.1) is 22.8 Å². The summed E-state index contributed by atoms with van der Waals surface area (Å²) in [7, 11) is 13.8. The minimum Gasteiger partial charge on any atom is -0.366 e. The summed E-state index contributed by atoms with van der Waals surface area (Å²) >= 11 is 0. The predicted molar refractivity (Wildman–Crippen MR) is 53.9 cm³/mol. The van der Waals surface area contributed by atoms with Gasteiger partial charge >= 0.3 is 0 Å². The molecule has 1 fully saturated rings. The van der Waals surface area contributed by atoms with Crippen LogP contribution in [-0.4, -0.2) is 56.8 Å². The lowest BCUT2D eigenvalue weighted by molar-refractivity contribution is -0.180. The normalized spacial score (nSPS) is 27.6. The summed E-state index contributed by atoms with van der Waals surface area (Å²) in [5.74, 6) is -3.23. The van der Waals surface area contributed by atoms with Crippen LogP contribution in [0.2, 0.25) is 5.21 Å². The smallest absolute Gasteiger partial charge is 0.249 e. The Bertz CT molecular complexity index is 253. The Balaban J connectivity index is 2.75. The molecule has 80 valence electrons. The summed E-state index contributed by atoms with van der Waals surface area (Å²) < 4.78 is 0. The van der Waals surface area contributed by atoms with Gasteiger partial charge in [0.15, 0.2) is 5.79 Å². The van der Waals surface area contributed by atoms with Gasteiger partial charge in [0, 0.05) is 19.4 Å². The molecule has 0 aliphatic heterocycles. The first-order chi connectivity index (χ1) is 6.71. The van der Waals surface area contributed by atoms with Crippen LogP contribution in [-0.2, 0) is 9.63 Å². The zero-order valence-corrected chi connectivity index (χ0v) is 8.80. The molecule has 0 saturated heterocycles. The third-order valence-corrected chi connectivity index (χ3v) is 2.79. The number of rotatable bonds is 2. The molecule has 1 atom stereocenters. The molecule has 0 aromatic rings. The van der Waals surface area contributed by atoms with Crippen molar-refractivity contribution in [3.63, 3.8) is 0 Å². The molecule has 5 nitrogen and oxygen atoms in total. The second-order valence-corrected chi connectivity index (χ2v) is 3.98. The Morgan fingerprint density at radius 2 is 2.00 bits per heavy atom. The van der Waals surface area contributed by atoms with Crippen LogP contribution < -0.4 is 0 Å². The summed E-state index contributed by atoms with van der Waals surface area (Å²) in [4.78, 5) is 16.3. The van der Waals surface area contributed by atoms with Gasteiger partial charge in [0.25, 0.3) is 0 Å². The van der Waals surface area contributed by atoms with Gasteiger partial charge in [-0.05, 0) is 11.6 Å². The zero-order valence-electron chi connectivity index (χ0n) is 8.80. The first-order valence-corrected chi connectivity index (χ1v) is 4.55. The standard InChI is InChI=1S/C8H13B2NO4/c1-11(15-2)6(12)5-3-7(9,10)8(13,14)4-5/h5,13-14H,3-4H2,1-2H3. The molecule has 4 radical (unpaired) electrons. The van der Waals surface area contributed by atoms with Crippen LogP contribution in [0.25, 0.3) is 0 Å². The van der Waals surface area contributed by atoms with E-state index in [1.807, 2.05) is 0 Å². The van der Waals surface area contributed by atoms with Crippen molar-refractivity contribution in [3.8, 4) is 0 Å². The molecule has 1 rings (SSSR count). The molecule has 1 aliphatic rings. The Hall–Kier alpha value is -0.520. The van der Waals surface area contributed by atoms with Crippen LogP contribution in [0, 0.1) is 5.92 Å². The fourth-order valence-corrected chi connectivity index (χ4v) is 1.70. The number of amides is 1. The second kappa shape index (κ2) is 3.81. The van der Waals surface area contributed by atoms with Crippen molar-refractivity contribution in [2.24, 2.45) is 5.92 Å². The fourth-order valence-electron chi connectivity index (χ4n) is 1.70. The Labute approximate surface area is 91.2 Å².